The van der Waals surface area contributed by atoms with Gasteiger partial charge in [-0.05, 0) is 49.2 Å². The van der Waals surface area contributed by atoms with E-state index in [1.165, 1.54) is 6.26 Å². The molecule has 1 aliphatic carbocycles. The number of carbonyl (C=O) groups excluding carboxylic acids is 2. The first-order valence-corrected chi connectivity index (χ1v) is 10.1. The fourth-order valence-electron chi connectivity index (χ4n) is 3.85. The van der Waals surface area contributed by atoms with Crippen LogP contribution in [0.25, 0.3) is 0 Å². The number of methoxy groups -OCH3 is 2. The SMILES string of the molecule is COc1ccc(C(=O)OC2CCC3C(=O)C(Oc4cccc(OC)c4)=COC3C2)cc1. The first kappa shape index (κ1) is 20.8. The molecule has 1 aliphatic heterocycles. The summed E-state index contributed by atoms with van der Waals surface area (Å²) in [4.78, 5) is 25.3. The van der Waals surface area contributed by atoms with E-state index in [1.807, 2.05) is 0 Å². The van der Waals surface area contributed by atoms with Gasteiger partial charge in [0.15, 0.2) is 0 Å². The smallest absolute Gasteiger partial charge is 0.338 e. The number of fused-ring (bicyclic) bond motifs is 1. The van der Waals surface area contributed by atoms with Crippen LogP contribution >= 0.6 is 0 Å². The van der Waals surface area contributed by atoms with E-state index >= 15 is 0 Å². The van der Waals surface area contributed by atoms with Crippen molar-refractivity contribution < 1.29 is 33.3 Å². The summed E-state index contributed by atoms with van der Waals surface area (Å²) in [5, 5.41) is 0. The Kier molecular flexibility index (Phi) is 6.11. The highest BCUT2D eigenvalue weighted by molar-refractivity contribution is 5.96. The van der Waals surface area contributed by atoms with Crippen LogP contribution in [0.5, 0.6) is 17.2 Å². The lowest BCUT2D eigenvalue weighted by atomic mass is 9.80. The second-order valence-electron chi connectivity index (χ2n) is 7.48. The van der Waals surface area contributed by atoms with Crippen LogP contribution in [0.15, 0.2) is 60.6 Å². The largest absolute Gasteiger partial charge is 0.497 e. The number of Topliss-reactive ketones (excluding diaryl/α,β-unsaturated/α-hetero) is 1. The van der Waals surface area contributed by atoms with Crippen LogP contribution in [-0.4, -0.2) is 38.2 Å². The average molecular weight is 424 g/mol. The van der Waals surface area contributed by atoms with E-state index in [-0.39, 0.29) is 29.7 Å². The highest BCUT2D eigenvalue weighted by atomic mass is 16.6. The van der Waals surface area contributed by atoms with Crippen molar-refractivity contribution >= 4 is 11.8 Å². The molecule has 1 saturated carbocycles. The van der Waals surface area contributed by atoms with Crippen molar-refractivity contribution in [2.24, 2.45) is 5.92 Å². The third-order valence-corrected chi connectivity index (χ3v) is 5.54. The first-order chi connectivity index (χ1) is 15.1. The summed E-state index contributed by atoms with van der Waals surface area (Å²) in [6.07, 6.45) is 2.32. The lowest BCUT2D eigenvalue weighted by Crippen LogP contribution is -2.43. The number of rotatable bonds is 6. The highest BCUT2D eigenvalue weighted by Gasteiger charge is 2.42. The van der Waals surface area contributed by atoms with Gasteiger partial charge in [0.05, 0.1) is 25.7 Å². The van der Waals surface area contributed by atoms with Gasteiger partial charge in [-0.15, -0.1) is 0 Å². The second-order valence-corrected chi connectivity index (χ2v) is 7.48. The second kappa shape index (κ2) is 9.12. The minimum absolute atomic E-state index is 0.0981. The number of hydrogen-bond donors (Lipinski definition) is 0. The van der Waals surface area contributed by atoms with E-state index < -0.39 is 5.97 Å². The Bertz CT molecular complexity index is 980. The summed E-state index contributed by atoms with van der Waals surface area (Å²) in [5.41, 5.74) is 0.456. The van der Waals surface area contributed by atoms with Crippen molar-refractivity contribution in [2.45, 2.75) is 31.5 Å². The van der Waals surface area contributed by atoms with Crippen LogP contribution in [0, 0.1) is 5.92 Å². The minimum atomic E-state index is -0.397. The number of carbonyl (C=O) groups is 2. The van der Waals surface area contributed by atoms with Crippen molar-refractivity contribution in [3.05, 3.63) is 66.1 Å². The molecule has 31 heavy (non-hydrogen) atoms. The fraction of sp³-hybridized carbons (Fsp3) is 0.333. The van der Waals surface area contributed by atoms with Crippen LogP contribution in [-0.2, 0) is 14.3 Å². The van der Waals surface area contributed by atoms with Crippen LogP contribution in [0.4, 0.5) is 0 Å². The van der Waals surface area contributed by atoms with Gasteiger partial charge in [-0.1, -0.05) is 6.07 Å². The molecule has 0 spiro atoms. The molecule has 0 aromatic heterocycles. The Balaban J connectivity index is 1.37. The van der Waals surface area contributed by atoms with E-state index in [4.69, 9.17) is 23.7 Å². The maximum absolute atomic E-state index is 12.9. The molecule has 2 aromatic rings. The van der Waals surface area contributed by atoms with Crippen molar-refractivity contribution in [3.63, 3.8) is 0 Å². The van der Waals surface area contributed by atoms with Crippen LogP contribution in [0.3, 0.4) is 0 Å². The van der Waals surface area contributed by atoms with Crippen molar-refractivity contribution in [1.82, 2.24) is 0 Å². The van der Waals surface area contributed by atoms with Crippen molar-refractivity contribution in [2.75, 3.05) is 14.2 Å². The number of ketones is 1. The van der Waals surface area contributed by atoms with Crippen LogP contribution in [0.2, 0.25) is 0 Å². The Morgan fingerprint density at radius 1 is 0.968 bits per heavy atom. The Morgan fingerprint density at radius 2 is 1.71 bits per heavy atom. The molecule has 7 nitrogen and oxygen atoms in total. The fourth-order valence-corrected chi connectivity index (χ4v) is 3.85. The normalized spacial score (nSPS) is 22.5. The number of esters is 1. The predicted molar refractivity (Wildman–Crippen MR) is 111 cm³/mol. The van der Waals surface area contributed by atoms with E-state index in [9.17, 15) is 9.59 Å². The van der Waals surface area contributed by atoms with Crippen LogP contribution < -0.4 is 14.2 Å². The molecule has 0 saturated heterocycles. The molecule has 1 heterocycles. The molecule has 0 bridgehead atoms. The zero-order valence-corrected chi connectivity index (χ0v) is 17.4. The van der Waals surface area contributed by atoms with E-state index in [0.717, 1.165) is 0 Å². The topological polar surface area (TPSA) is 80.3 Å². The number of allylic oxidation sites excluding steroid dienone is 1. The number of hydrogen-bond acceptors (Lipinski definition) is 7. The van der Waals surface area contributed by atoms with Crippen molar-refractivity contribution in [1.29, 1.82) is 0 Å². The van der Waals surface area contributed by atoms with Gasteiger partial charge < -0.3 is 23.7 Å². The highest BCUT2D eigenvalue weighted by Crippen LogP contribution is 2.35. The molecule has 162 valence electrons. The Morgan fingerprint density at radius 3 is 2.45 bits per heavy atom. The van der Waals surface area contributed by atoms with Crippen molar-refractivity contribution in [3.8, 4) is 17.2 Å². The first-order valence-electron chi connectivity index (χ1n) is 10.1. The molecule has 2 aromatic carbocycles. The molecular formula is C24H24O7. The summed E-state index contributed by atoms with van der Waals surface area (Å²) in [7, 11) is 3.14. The molecular weight excluding hydrogens is 400 g/mol. The third kappa shape index (κ3) is 4.66. The molecule has 0 amide bonds. The Labute approximate surface area is 180 Å². The number of ether oxygens (including phenoxy) is 5. The predicted octanol–water partition coefficient (Wildman–Crippen LogP) is 3.92. The molecule has 7 heteroatoms. The Hall–Kier alpha value is -3.48. The molecule has 0 N–H and O–H groups in total. The van der Waals surface area contributed by atoms with Gasteiger partial charge in [0.1, 0.15) is 35.7 Å². The van der Waals surface area contributed by atoms with E-state index in [2.05, 4.69) is 0 Å². The lowest BCUT2D eigenvalue weighted by molar-refractivity contribution is -0.132. The molecule has 1 fully saturated rings. The van der Waals surface area contributed by atoms with Gasteiger partial charge in [-0.2, -0.15) is 0 Å². The lowest BCUT2D eigenvalue weighted by Gasteiger charge is -2.36. The molecule has 4 rings (SSSR count). The van der Waals surface area contributed by atoms with Gasteiger partial charge in [-0.3, -0.25) is 4.79 Å². The standard InChI is InChI=1S/C24H24O7/c1-27-16-8-6-15(7-9-16)24(26)31-19-10-11-20-21(13-19)29-14-22(23(20)25)30-18-5-3-4-17(12-18)28-2/h3-9,12,14,19-21H,10-11,13H2,1-2H3. The molecule has 3 atom stereocenters. The van der Waals surface area contributed by atoms with Gasteiger partial charge in [-0.25, -0.2) is 4.79 Å². The van der Waals surface area contributed by atoms with Gasteiger partial charge in [0.25, 0.3) is 0 Å². The van der Waals surface area contributed by atoms with Gasteiger partial charge in [0, 0.05) is 12.5 Å². The summed E-state index contributed by atoms with van der Waals surface area (Å²) < 4.78 is 27.5. The quantitative estimate of drug-likeness (QED) is 0.650. The zero-order valence-electron chi connectivity index (χ0n) is 17.4. The van der Waals surface area contributed by atoms with E-state index in [0.29, 0.717) is 42.1 Å². The number of benzene rings is 2. The van der Waals surface area contributed by atoms with Gasteiger partial charge in [0.2, 0.25) is 11.5 Å². The van der Waals surface area contributed by atoms with Gasteiger partial charge >= 0.3 is 5.97 Å². The summed E-state index contributed by atoms with van der Waals surface area (Å²) in [5.74, 6) is 1.17. The molecule has 0 radical (unpaired) electrons. The zero-order chi connectivity index (χ0) is 21.8. The maximum Gasteiger partial charge on any atom is 0.338 e. The monoisotopic (exact) mass is 424 g/mol. The molecule has 3 unspecified atom stereocenters. The summed E-state index contributed by atoms with van der Waals surface area (Å²) in [6.45, 7) is 0. The minimum Gasteiger partial charge on any atom is -0.497 e. The van der Waals surface area contributed by atoms with E-state index in [1.54, 1.807) is 62.8 Å². The maximum atomic E-state index is 12.9. The summed E-state index contributed by atoms with van der Waals surface area (Å²) >= 11 is 0. The van der Waals surface area contributed by atoms with Crippen LogP contribution in [0.1, 0.15) is 29.6 Å². The summed E-state index contributed by atoms with van der Waals surface area (Å²) in [6, 6.07) is 13.8. The average Bonchev–Trinajstić information content (AvgIpc) is 2.81. The molecule has 2 aliphatic rings. The third-order valence-electron chi connectivity index (χ3n) is 5.54.